The molecule has 0 atom stereocenters. The quantitative estimate of drug-likeness (QED) is 0.659. The molecule has 0 saturated heterocycles. The van der Waals surface area contributed by atoms with Crippen LogP contribution >= 0.6 is 22.9 Å². The van der Waals surface area contributed by atoms with Crippen LogP contribution in [0.25, 0.3) is 5.69 Å². The maximum absolute atomic E-state index is 13.2. The number of carbonyl (C=O) groups is 1. The highest BCUT2D eigenvalue weighted by atomic mass is 35.5. The van der Waals surface area contributed by atoms with E-state index >= 15 is 0 Å². The van der Waals surface area contributed by atoms with Gasteiger partial charge in [0.1, 0.15) is 5.82 Å². The standard InChI is InChI=1S/C19H17ClFN3OS/c1-23(11-14-9-10-17(20)26-14)19(25)18-15-3-2-4-16(15)24(22-18)13-7-5-12(21)6-8-13/h5-10H,2-4,11H2,1H3. The summed E-state index contributed by atoms with van der Waals surface area (Å²) in [5.41, 5.74) is 3.33. The topological polar surface area (TPSA) is 38.1 Å². The van der Waals surface area contributed by atoms with Crippen LogP contribution in [-0.4, -0.2) is 27.6 Å². The average Bonchev–Trinajstić information content (AvgIpc) is 3.32. The van der Waals surface area contributed by atoms with Crippen molar-refractivity contribution in [3.05, 3.63) is 68.4 Å². The highest BCUT2D eigenvalue weighted by molar-refractivity contribution is 7.16. The second kappa shape index (κ2) is 6.85. The van der Waals surface area contributed by atoms with E-state index in [0.29, 0.717) is 16.6 Å². The molecular formula is C19H17ClFN3OS. The minimum absolute atomic E-state index is 0.103. The largest absolute Gasteiger partial charge is 0.335 e. The van der Waals surface area contributed by atoms with Gasteiger partial charge >= 0.3 is 0 Å². The first kappa shape index (κ1) is 17.2. The van der Waals surface area contributed by atoms with E-state index in [-0.39, 0.29) is 11.7 Å². The molecule has 2 heterocycles. The van der Waals surface area contributed by atoms with Crippen molar-refractivity contribution in [1.82, 2.24) is 14.7 Å². The molecule has 0 bridgehead atoms. The van der Waals surface area contributed by atoms with Crippen LogP contribution in [0.1, 0.15) is 33.0 Å². The van der Waals surface area contributed by atoms with Crippen LogP contribution in [0.4, 0.5) is 4.39 Å². The van der Waals surface area contributed by atoms with Crippen LogP contribution in [0, 0.1) is 5.82 Å². The molecule has 0 N–H and O–H groups in total. The molecule has 4 nitrogen and oxygen atoms in total. The van der Waals surface area contributed by atoms with E-state index in [1.54, 1.807) is 28.8 Å². The smallest absolute Gasteiger partial charge is 0.274 e. The van der Waals surface area contributed by atoms with Gasteiger partial charge in [-0.05, 0) is 55.7 Å². The first-order valence-electron chi connectivity index (χ1n) is 8.39. The first-order chi connectivity index (χ1) is 12.5. The van der Waals surface area contributed by atoms with Gasteiger partial charge < -0.3 is 4.90 Å². The van der Waals surface area contributed by atoms with Crippen molar-refractivity contribution >= 4 is 28.8 Å². The van der Waals surface area contributed by atoms with Gasteiger partial charge in [-0.3, -0.25) is 4.79 Å². The number of aromatic nitrogens is 2. The SMILES string of the molecule is CN(Cc1ccc(Cl)s1)C(=O)c1nn(-c2ccc(F)cc2)c2c1CCC2. The molecule has 1 aliphatic rings. The third-order valence-electron chi connectivity index (χ3n) is 4.57. The van der Waals surface area contributed by atoms with Gasteiger partial charge in [0.15, 0.2) is 5.69 Å². The van der Waals surface area contributed by atoms with Crippen LogP contribution in [-0.2, 0) is 19.4 Å². The predicted molar refractivity (Wildman–Crippen MR) is 101 cm³/mol. The van der Waals surface area contributed by atoms with Gasteiger partial charge in [0.2, 0.25) is 0 Å². The average molecular weight is 390 g/mol. The zero-order valence-corrected chi connectivity index (χ0v) is 15.8. The van der Waals surface area contributed by atoms with Crippen LogP contribution in [0.5, 0.6) is 0 Å². The van der Waals surface area contributed by atoms with Crippen LogP contribution in [0.2, 0.25) is 4.34 Å². The number of hydrogen-bond acceptors (Lipinski definition) is 3. The number of rotatable bonds is 4. The van der Waals surface area contributed by atoms with Crippen molar-refractivity contribution in [3.8, 4) is 5.69 Å². The Hall–Kier alpha value is -2.18. The number of hydrogen-bond donors (Lipinski definition) is 0. The third-order valence-corrected chi connectivity index (χ3v) is 5.79. The summed E-state index contributed by atoms with van der Waals surface area (Å²) in [6.07, 6.45) is 2.71. The zero-order valence-electron chi connectivity index (χ0n) is 14.2. The fourth-order valence-corrected chi connectivity index (χ4v) is 4.47. The molecule has 0 unspecified atom stereocenters. The molecule has 1 amide bonds. The fraction of sp³-hybridized carbons (Fsp3) is 0.263. The molecule has 26 heavy (non-hydrogen) atoms. The predicted octanol–water partition coefficient (Wildman–Crippen LogP) is 4.49. The number of nitrogens with zero attached hydrogens (tertiary/aromatic N) is 3. The molecule has 3 aromatic rings. The van der Waals surface area contributed by atoms with Crippen molar-refractivity contribution in [2.45, 2.75) is 25.8 Å². The van der Waals surface area contributed by atoms with E-state index in [1.807, 2.05) is 12.1 Å². The summed E-state index contributed by atoms with van der Waals surface area (Å²) in [4.78, 5) is 15.7. The normalized spacial score (nSPS) is 13.0. The zero-order chi connectivity index (χ0) is 18.3. The minimum Gasteiger partial charge on any atom is -0.335 e. The highest BCUT2D eigenvalue weighted by Gasteiger charge is 2.28. The Kier molecular flexibility index (Phi) is 4.54. The number of thiophene rings is 1. The molecule has 0 saturated carbocycles. The molecular weight excluding hydrogens is 373 g/mol. The van der Waals surface area contributed by atoms with Crippen molar-refractivity contribution in [2.24, 2.45) is 0 Å². The Morgan fingerprint density at radius 2 is 2.04 bits per heavy atom. The summed E-state index contributed by atoms with van der Waals surface area (Å²) >= 11 is 7.44. The molecule has 0 aliphatic heterocycles. The van der Waals surface area contributed by atoms with Crippen molar-refractivity contribution in [1.29, 1.82) is 0 Å². The van der Waals surface area contributed by atoms with Gasteiger partial charge in [0, 0.05) is 23.2 Å². The van der Waals surface area contributed by atoms with E-state index in [2.05, 4.69) is 5.10 Å². The summed E-state index contributed by atoms with van der Waals surface area (Å²) in [7, 11) is 1.77. The van der Waals surface area contributed by atoms with Gasteiger partial charge in [0.05, 0.1) is 16.6 Å². The second-order valence-electron chi connectivity index (χ2n) is 6.38. The number of amides is 1. The maximum Gasteiger partial charge on any atom is 0.274 e. The lowest BCUT2D eigenvalue weighted by molar-refractivity contribution is 0.0779. The van der Waals surface area contributed by atoms with Gasteiger partial charge in [-0.25, -0.2) is 9.07 Å². The Morgan fingerprint density at radius 3 is 2.73 bits per heavy atom. The summed E-state index contributed by atoms with van der Waals surface area (Å²) < 4.78 is 15.7. The molecule has 0 radical (unpaired) electrons. The van der Waals surface area contributed by atoms with Gasteiger partial charge in [0.25, 0.3) is 5.91 Å². The molecule has 0 spiro atoms. The Bertz CT molecular complexity index is 964. The summed E-state index contributed by atoms with van der Waals surface area (Å²) in [6.45, 7) is 0.494. The number of fused-ring (bicyclic) bond motifs is 1. The first-order valence-corrected chi connectivity index (χ1v) is 9.59. The van der Waals surface area contributed by atoms with Crippen molar-refractivity contribution in [3.63, 3.8) is 0 Å². The van der Waals surface area contributed by atoms with Crippen molar-refractivity contribution in [2.75, 3.05) is 7.05 Å². The lowest BCUT2D eigenvalue weighted by Gasteiger charge is -2.15. The lowest BCUT2D eigenvalue weighted by Crippen LogP contribution is -2.27. The summed E-state index contributed by atoms with van der Waals surface area (Å²) in [6, 6.07) is 9.96. The summed E-state index contributed by atoms with van der Waals surface area (Å²) in [5.74, 6) is -0.392. The number of benzene rings is 1. The fourth-order valence-electron chi connectivity index (χ4n) is 3.33. The van der Waals surface area contributed by atoms with E-state index < -0.39 is 0 Å². The van der Waals surface area contributed by atoms with Crippen molar-refractivity contribution < 1.29 is 9.18 Å². The molecule has 4 rings (SSSR count). The van der Waals surface area contributed by atoms with Gasteiger partial charge in [-0.2, -0.15) is 5.10 Å². The molecule has 7 heteroatoms. The molecule has 134 valence electrons. The van der Waals surface area contributed by atoms with Gasteiger partial charge in [-0.15, -0.1) is 11.3 Å². The number of halogens is 2. The van der Waals surface area contributed by atoms with Crippen LogP contribution in [0.15, 0.2) is 36.4 Å². The molecule has 1 aromatic carbocycles. The van der Waals surface area contributed by atoms with Crippen LogP contribution in [0.3, 0.4) is 0 Å². The maximum atomic E-state index is 13.2. The Morgan fingerprint density at radius 1 is 1.27 bits per heavy atom. The third kappa shape index (κ3) is 3.15. The molecule has 1 aliphatic carbocycles. The molecule has 2 aromatic heterocycles. The minimum atomic E-state index is -0.289. The lowest BCUT2D eigenvalue weighted by atomic mass is 10.2. The number of carbonyl (C=O) groups excluding carboxylic acids is 1. The van der Waals surface area contributed by atoms with E-state index in [9.17, 15) is 9.18 Å². The molecule has 0 fully saturated rings. The summed E-state index contributed by atoms with van der Waals surface area (Å²) in [5, 5.41) is 4.58. The Labute approximate surface area is 159 Å². The van der Waals surface area contributed by atoms with Crippen LogP contribution < -0.4 is 0 Å². The second-order valence-corrected chi connectivity index (χ2v) is 8.18. The van der Waals surface area contributed by atoms with E-state index in [1.165, 1.54) is 23.5 Å². The van der Waals surface area contributed by atoms with Gasteiger partial charge in [-0.1, -0.05) is 11.6 Å². The Balaban J connectivity index is 1.65. The van der Waals surface area contributed by atoms with E-state index in [0.717, 1.165) is 41.1 Å². The van der Waals surface area contributed by atoms with E-state index in [4.69, 9.17) is 11.6 Å². The highest BCUT2D eigenvalue weighted by Crippen LogP contribution is 2.29. The monoisotopic (exact) mass is 389 g/mol.